The molecule has 1 N–H and O–H groups in total. The van der Waals surface area contributed by atoms with Crippen molar-refractivity contribution < 1.29 is 19.4 Å². The van der Waals surface area contributed by atoms with Gasteiger partial charge in [0.15, 0.2) is 0 Å². The van der Waals surface area contributed by atoms with Crippen molar-refractivity contribution in [2.24, 2.45) is 0 Å². The lowest BCUT2D eigenvalue weighted by Crippen LogP contribution is -2.51. The number of carboxylic acid groups (broad SMARTS) is 1. The lowest BCUT2D eigenvalue weighted by Gasteiger charge is -2.41. The summed E-state index contributed by atoms with van der Waals surface area (Å²) in [5.74, 6) is -0.569. The van der Waals surface area contributed by atoms with Crippen LogP contribution in [0.1, 0.15) is 36.7 Å². The average molecular weight is 293 g/mol. The van der Waals surface area contributed by atoms with Crippen LogP contribution in [-0.4, -0.2) is 47.9 Å². The van der Waals surface area contributed by atoms with E-state index in [0.29, 0.717) is 5.75 Å². The van der Waals surface area contributed by atoms with Gasteiger partial charge in [-0.15, -0.1) is 0 Å². The monoisotopic (exact) mass is 293 g/mol. The highest BCUT2D eigenvalue weighted by Crippen LogP contribution is 2.25. The molecule has 0 saturated carbocycles. The van der Waals surface area contributed by atoms with Gasteiger partial charge in [0.25, 0.3) is 0 Å². The molecule has 5 nitrogen and oxygen atoms in total. The molecule has 21 heavy (non-hydrogen) atoms. The topological polar surface area (TPSA) is 59.0 Å². The van der Waals surface area contributed by atoms with Gasteiger partial charge in [0.2, 0.25) is 0 Å². The van der Waals surface area contributed by atoms with Gasteiger partial charge in [-0.3, -0.25) is 4.90 Å². The van der Waals surface area contributed by atoms with E-state index in [9.17, 15) is 4.79 Å². The molecule has 1 aliphatic rings. The van der Waals surface area contributed by atoms with Gasteiger partial charge in [-0.25, -0.2) is 4.79 Å². The fourth-order valence-electron chi connectivity index (χ4n) is 2.98. The molecule has 116 valence electrons. The Balaban J connectivity index is 2.14. The molecule has 1 saturated heterocycles. The highest BCUT2D eigenvalue weighted by Gasteiger charge is 2.31. The van der Waals surface area contributed by atoms with Gasteiger partial charge in [-0.2, -0.15) is 0 Å². The molecule has 1 unspecified atom stereocenters. The van der Waals surface area contributed by atoms with Gasteiger partial charge in [-0.1, -0.05) is 6.07 Å². The van der Waals surface area contributed by atoms with Crippen molar-refractivity contribution in [2.45, 2.75) is 39.0 Å². The Morgan fingerprint density at radius 2 is 2.24 bits per heavy atom. The van der Waals surface area contributed by atoms with Crippen LogP contribution in [0.4, 0.5) is 0 Å². The van der Waals surface area contributed by atoms with E-state index in [0.717, 1.165) is 25.2 Å². The van der Waals surface area contributed by atoms with E-state index >= 15 is 0 Å². The van der Waals surface area contributed by atoms with Crippen molar-refractivity contribution in [1.29, 1.82) is 0 Å². The molecule has 5 heteroatoms. The van der Waals surface area contributed by atoms with Crippen LogP contribution in [0, 0.1) is 0 Å². The summed E-state index contributed by atoms with van der Waals surface area (Å²) in [4.78, 5) is 13.4. The summed E-state index contributed by atoms with van der Waals surface area (Å²) in [5.41, 5.74) is 1.07. The minimum atomic E-state index is -0.973. The predicted octanol–water partition coefficient (Wildman–Crippen LogP) is 2.39. The second kappa shape index (κ2) is 6.03. The van der Waals surface area contributed by atoms with E-state index in [-0.39, 0.29) is 17.3 Å². The van der Waals surface area contributed by atoms with E-state index in [1.165, 1.54) is 7.11 Å². The molecule has 1 atom stereocenters. The number of nitrogens with zero attached hydrogens (tertiary/aromatic N) is 1. The number of ether oxygens (including phenoxy) is 2. The van der Waals surface area contributed by atoms with Crippen LogP contribution in [0.3, 0.4) is 0 Å². The molecule has 2 rings (SSSR count). The van der Waals surface area contributed by atoms with Crippen LogP contribution in [0.2, 0.25) is 0 Å². The first-order chi connectivity index (χ1) is 9.80. The van der Waals surface area contributed by atoms with Gasteiger partial charge in [0, 0.05) is 19.6 Å². The summed E-state index contributed by atoms with van der Waals surface area (Å²) in [5, 5.41) is 9.11. The van der Waals surface area contributed by atoms with E-state index in [1.807, 2.05) is 6.07 Å². The second-order valence-corrected chi connectivity index (χ2v) is 6.20. The summed E-state index contributed by atoms with van der Waals surface area (Å²) in [6.45, 7) is 8.72. The molecular formula is C16H23NO4. The minimum absolute atomic E-state index is 0.164. The van der Waals surface area contributed by atoms with Crippen LogP contribution in [-0.2, 0) is 11.3 Å². The summed E-state index contributed by atoms with van der Waals surface area (Å²) in [7, 11) is 1.49. The Morgan fingerprint density at radius 3 is 2.81 bits per heavy atom. The van der Waals surface area contributed by atoms with Crippen LogP contribution >= 0.6 is 0 Å². The highest BCUT2D eigenvalue weighted by atomic mass is 16.5. The normalized spacial score (nSPS) is 22.0. The number of methoxy groups -OCH3 is 1. The van der Waals surface area contributed by atoms with Gasteiger partial charge in [-0.05, 0) is 38.5 Å². The Bertz CT molecular complexity index is 527. The van der Waals surface area contributed by atoms with E-state index < -0.39 is 5.97 Å². The van der Waals surface area contributed by atoms with Gasteiger partial charge in [0.05, 0.1) is 18.8 Å². The van der Waals surface area contributed by atoms with Crippen LogP contribution in [0.5, 0.6) is 5.75 Å². The molecule has 1 heterocycles. The molecule has 0 aliphatic carbocycles. The summed E-state index contributed by atoms with van der Waals surface area (Å²) < 4.78 is 11.1. The fraction of sp³-hybridized carbons (Fsp3) is 0.562. The quantitative estimate of drug-likeness (QED) is 0.923. The van der Waals surface area contributed by atoms with Crippen molar-refractivity contribution in [3.63, 3.8) is 0 Å². The van der Waals surface area contributed by atoms with Gasteiger partial charge in [0.1, 0.15) is 11.3 Å². The van der Waals surface area contributed by atoms with Crippen LogP contribution < -0.4 is 4.74 Å². The first-order valence-corrected chi connectivity index (χ1v) is 7.11. The third-order valence-corrected chi connectivity index (χ3v) is 3.54. The Labute approximate surface area is 125 Å². The number of hydrogen-bond acceptors (Lipinski definition) is 4. The van der Waals surface area contributed by atoms with E-state index in [2.05, 4.69) is 25.7 Å². The molecule has 1 aromatic carbocycles. The van der Waals surface area contributed by atoms with Crippen molar-refractivity contribution >= 4 is 5.97 Å². The molecule has 0 amide bonds. The predicted molar refractivity (Wildman–Crippen MR) is 79.9 cm³/mol. The zero-order valence-corrected chi connectivity index (χ0v) is 13.0. The van der Waals surface area contributed by atoms with Gasteiger partial charge < -0.3 is 14.6 Å². The highest BCUT2D eigenvalue weighted by molar-refractivity contribution is 5.90. The third-order valence-electron chi connectivity index (χ3n) is 3.54. The van der Waals surface area contributed by atoms with Crippen molar-refractivity contribution in [2.75, 3.05) is 20.2 Å². The number of carboxylic acids is 1. The fourth-order valence-corrected chi connectivity index (χ4v) is 2.98. The molecule has 1 aromatic rings. The number of morpholine rings is 1. The number of hydrogen-bond donors (Lipinski definition) is 1. The minimum Gasteiger partial charge on any atom is -0.496 e. The van der Waals surface area contributed by atoms with E-state index in [1.54, 1.807) is 12.1 Å². The third kappa shape index (κ3) is 3.95. The number of aromatic carboxylic acids is 1. The Morgan fingerprint density at radius 1 is 1.52 bits per heavy atom. The molecule has 0 aromatic heterocycles. The lowest BCUT2D eigenvalue weighted by atomic mass is 10.0. The first kappa shape index (κ1) is 15.8. The Hall–Kier alpha value is -1.59. The number of benzene rings is 1. The van der Waals surface area contributed by atoms with Crippen molar-refractivity contribution in [3.05, 3.63) is 29.3 Å². The van der Waals surface area contributed by atoms with E-state index in [4.69, 9.17) is 14.6 Å². The second-order valence-electron chi connectivity index (χ2n) is 6.20. The average Bonchev–Trinajstić information content (AvgIpc) is 2.35. The molecule has 0 bridgehead atoms. The molecule has 0 radical (unpaired) electrons. The van der Waals surface area contributed by atoms with Crippen LogP contribution in [0.15, 0.2) is 18.2 Å². The maximum Gasteiger partial charge on any atom is 0.339 e. The molecule has 0 spiro atoms. The lowest BCUT2D eigenvalue weighted by molar-refractivity contribution is -0.130. The summed E-state index contributed by atoms with van der Waals surface area (Å²) in [6, 6.07) is 5.25. The van der Waals surface area contributed by atoms with Crippen molar-refractivity contribution in [3.8, 4) is 5.75 Å². The summed E-state index contributed by atoms with van der Waals surface area (Å²) in [6.07, 6.45) is 0.189. The maximum atomic E-state index is 11.1. The summed E-state index contributed by atoms with van der Waals surface area (Å²) >= 11 is 0. The first-order valence-electron chi connectivity index (χ1n) is 7.11. The zero-order chi connectivity index (χ0) is 15.6. The molecular weight excluding hydrogens is 270 g/mol. The largest absolute Gasteiger partial charge is 0.496 e. The number of rotatable bonds is 4. The van der Waals surface area contributed by atoms with Crippen molar-refractivity contribution in [1.82, 2.24) is 4.90 Å². The van der Waals surface area contributed by atoms with Gasteiger partial charge >= 0.3 is 5.97 Å². The van der Waals surface area contributed by atoms with Crippen LogP contribution in [0.25, 0.3) is 0 Å². The number of carbonyl (C=O) groups is 1. The zero-order valence-electron chi connectivity index (χ0n) is 13.0. The smallest absolute Gasteiger partial charge is 0.339 e. The Kier molecular flexibility index (Phi) is 4.54. The standard InChI is InChI=1S/C16H23NO4/c1-11-8-17(10-16(2,3)21-11)9-12-5-6-13(15(18)19)14(7-12)20-4/h5-7,11H,8-10H2,1-4H3,(H,18,19). The molecule has 1 aliphatic heterocycles. The molecule has 1 fully saturated rings. The maximum absolute atomic E-state index is 11.1. The SMILES string of the molecule is COc1cc(CN2CC(C)OC(C)(C)C2)ccc1C(=O)O.